The number of benzene rings is 1. The quantitative estimate of drug-likeness (QED) is 0.850. The lowest BCUT2D eigenvalue weighted by Crippen LogP contribution is -2.47. The monoisotopic (exact) mass is 354 g/mol. The predicted octanol–water partition coefficient (Wildman–Crippen LogP) is 3.34. The highest BCUT2D eigenvalue weighted by Crippen LogP contribution is 2.37. The van der Waals surface area contributed by atoms with E-state index in [1.54, 1.807) is 19.2 Å². The van der Waals surface area contributed by atoms with Crippen LogP contribution in [-0.4, -0.2) is 43.7 Å². The fraction of sp³-hybridized carbons (Fsp3) is 0.611. The molecule has 1 unspecified atom stereocenters. The van der Waals surface area contributed by atoms with Crippen molar-refractivity contribution in [2.24, 2.45) is 11.7 Å². The van der Waals surface area contributed by atoms with E-state index in [-0.39, 0.29) is 11.9 Å². The van der Waals surface area contributed by atoms with Gasteiger partial charge in [0, 0.05) is 24.7 Å². The minimum atomic E-state index is -0.0549. The number of piperidine rings is 1. The summed E-state index contributed by atoms with van der Waals surface area (Å²) in [4.78, 5) is 14.7. The Bertz CT molecular complexity index is 578. The van der Waals surface area contributed by atoms with Crippen molar-refractivity contribution in [1.82, 2.24) is 4.90 Å². The Labute approximate surface area is 149 Å². The van der Waals surface area contributed by atoms with Crippen molar-refractivity contribution in [1.29, 1.82) is 0 Å². The minimum Gasteiger partial charge on any atom is -0.493 e. The molecule has 24 heavy (non-hydrogen) atoms. The van der Waals surface area contributed by atoms with Crippen molar-refractivity contribution in [3.8, 4) is 11.5 Å². The van der Waals surface area contributed by atoms with Gasteiger partial charge in [0.05, 0.1) is 18.7 Å². The number of amides is 1. The second-order valence-corrected chi connectivity index (χ2v) is 6.99. The number of hydrogen-bond acceptors (Lipinski definition) is 4. The van der Waals surface area contributed by atoms with Gasteiger partial charge in [-0.25, -0.2) is 0 Å². The molecule has 1 aromatic rings. The van der Waals surface area contributed by atoms with Crippen LogP contribution in [-0.2, 0) is 0 Å². The molecule has 1 atom stereocenters. The first-order chi connectivity index (χ1) is 11.5. The summed E-state index contributed by atoms with van der Waals surface area (Å²) < 4.78 is 11.1. The molecule has 1 saturated heterocycles. The van der Waals surface area contributed by atoms with Crippen LogP contribution in [0.15, 0.2) is 12.1 Å². The Morgan fingerprint density at radius 3 is 2.79 bits per heavy atom. The third-order valence-corrected chi connectivity index (χ3v) is 4.48. The third-order valence-electron chi connectivity index (χ3n) is 4.20. The Morgan fingerprint density at radius 1 is 1.42 bits per heavy atom. The van der Waals surface area contributed by atoms with Gasteiger partial charge in [0.2, 0.25) is 0 Å². The summed E-state index contributed by atoms with van der Waals surface area (Å²) in [5.41, 5.74) is 6.33. The van der Waals surface area contributed by atoms with Gasteiger partial charge in [-0.1, -0.05) is 25.4 Å². The number of rotatable bonds is 6. The minimum absolute atomic E-state index is 0.0549. The van der Waals surface area contributed by atoms with Crippen molar-refractivity contribution in [2.75, 3.05) is 26.8 Å². The van der Waals surface area contributed by atoms with E-state index in [0.29, 0.717) is 41.2 Å². The van der Waals surface area contributed by atoms with Gasteiger partial charge in [-0.15, -0.1) is 0 Å². The molecule has 5 nitrogen and oxygen atoms in total. The number of halogens is 1. The van der Waals surface area contributed by atoms with Gasteiger partial charge in [0.25, 0.3) is 5.91 Å². The van der Waals surface area contributed by atoms with E-state index in [2.05, 4.69) is 13.8 Å². The number of nitrogens with zero attached hydrogens (tertiary/aromatic N) is 1. The van der Waals surface area contributed by atoms with E-state index in [4.69, 9.17) is 26.8 Å². The molecule has 1 aliphatic rings. The van der Waals surface area contributed by atoms with Crippen molar-refractivity contribution in [2.45, 2.75) is 39.2 Å². The molecule has 1 aromatic carbocycles. The Hall–Kier alpha value is -1.46. The summed E-state index contributed by atoms with van der Waals surface area (Å²) in [5.74, 6) is 1.28. The second kappa shape index (κ2) is 8.58. The average Bonchev–Trinajstić information content (AvgIpc) is 2.59. The summed E-state index contributed by atoms with van der Waals surface area (Å²) in [5, 5.41) is 0.389. The van der Waals surface area contributed by atoms with Crippen LogP contribution in [0, 0.1) is 5.92 Å². The average molecular weight is 355 g/mol. The van der Waals surface area contributed by atoms with E-state index in [0.717, 1.165) is 25.8 Å². The summed E-state index contributed by atoms with van der Waals surface area (Å²) >= 11 is 6.35. The van der Waals surface area contributed by atoms with Gasteiger partial charge >= 0.3 is 0 Å². The number of carbonyl (C=O) groups excluding carboxylic acids is 1. The Kier molecular flexibility index (Phi) is 6.75. The van der Waals surface area contributed by atoms with Gasteiger partial charge in [0.15, 0.2) is 11.5 Å². The zero-order valence-electron chi connectivity index (χ0n) is 14.7. The summed E-state index contributed by atoms with van der Waals surface area (Å²) in [6.45, 7) is 5.85. The predicted molar refractivity (Wildman–Crippen MR) is 96.1 cm³/mol. The SMILES string of the molecule is COc1cc(C(=O)N2CCCCC2CN)cc(Cl)c1OCC(C)C. The van der Waals surface area contributed by atoms with E-state index >= 15 is 0 Å². The van der Waals surface area contributed by atoms with E-state index < -0.39 is 0 Å². The normalized spacial score (nSPS) is 17.9. The standard InChI is InChI=1S/C18H27ClN2O3/c1-12(2)11-24-17-15(19)8-13(9-16(17)23-3)18(22)21-7-5-4-6-14(21)10-20/h8-9,12,14H,4-7,10-11,20H2,1-3H3. The summed E-state index contributed by atoms with van der Waals surface area (Å²) in [7, 11) is 1.55. The lowest BCUT2D eigenvalue weighted by molar-refractivity contribution is 0.0623. The second-order valence-electron chi connectivity index (χ2n) is 6.58. The fourth-order valence-electron chi connectivity index (χ4n) is 2.91. The van der Waals surface area contributed by atoms with Crippen LogP contribution in [0.4, 0.5) is 0 Å². The van der Waals surface area contributed by atoms with Crippen LogP contribution >= 0.6 is 11.6 Å². The highest BCUT2D eigenvalue weighted by Gasteiger charge is 2.27. The number of carbonyl (C=O) groups is 1. The molecule has 1 aliphatic heterocycles. The van der Waals surface area contributed by atoms with Crippen LogP contribution in [0.1, 0.15) is 43.5 Å². The van der Waals surface area contributed by atoms with Gasteiger partial charge in [-0.3, -0.25) is 4.79 Å². The van der Waals surface area contributed by atoms with Gasteiger partial charge in [0.1, 0.15) is 0 Å². The zero-order valence-corrected chi connectivity index (χ0v) is 15.4. The molecule has 0 aliphatic carbocycles. The lowest BCUT2D eigenvalue weighted by Gasteiger charge is -2.35. The number of hydrogen-bond donors (Lipinski definition) is 1. The van der Waals surface area contributed by atoms with Crippen LogP contribution in [0.2, 0.25) is 5.02 Å². The molecule has 2 N–H and O–H groups in total. The number of nitrogens with two attached hydrogens (primary N) is 1. The Balaban J connectivity index is 2.27. The topological polar surface area (TPSA) is 64.8 Å². The third kappa shape index (κ3) is 4.33. The van der Waals surface area contributed by atoms with Crippen molar-refractivity contribution in [3.05, 3.63) is 22.7 Å². The molecule has 0 saturated carbocycles. The molecule has 0 aromatic heterocycles. The molecule has 0 bridgehead atoms. The lowest BCUT2D eigenvalue weighted by atomic mass is 10.0. The van der Waals surface area contributed by atoms with Crippen LogP contribution in [0.5, 0.6) is 11.5 Å². The molecule has 2 rings (SSSR count). The van der Waals surface area contributed by atoms with Gasteiger partial charge in [-0.05, 0) is 37.3 Å². The highest BCUT2D eigenvalue weighted by atomic mass is 35.5. The number of methoxy groups -OCH3 is 1. The Morgan fingerprint density at radius 2 is 2.17 bits per heavy atom. The van der Waals surface area contributed by atoms with Crippen molar-refractivity contribution in [3.63, 3.8) is 0 Å². The maximum Gasteiger partial charge on any atom is 0.254 e. The van der Waals surface area contributed by atoms with E-state index in [1.807, 2.05) is 4.90 Å². The van der Waals surface area contributed by atoms with E-state index in [9.17, 15) is 4.79 Å². The molecule has 1 heterocycles. The highest BCUT2D eigenvalue weighted by molar-refractivity contribution is 6.32. The van der Waals surface area contributed by atoms with E-state index in [1.165, 1.54) is 0 Å². The van der Waals surface area contributed by atoms with Gasteiger partial charge in [-0.2, -0.15) is 0 Å². The largest absolute Gasteiger partial charge is 0.493 e. The first kappa shape index (κ1) is 18.9. The summed E-state index contributed by atoms with van der Waals surface area (Å²) in [6, 6.07) is 3.45. The molecular formula is C18H27ClN2O3. The first-order valence-electron chi connectivity index (χ1n) is 8.49. The molecule has 6 heteroatoms. The molecular weight excluding hydrogens is 328 g/mol. The molecule has 134 valence electrons. The zero-order chi connectivity index (χ0) is 17.7. The molecule has 1 amide bonds. The molecule has 0 spiro atoms. The summed E-state index contributed by atoms with van der Waals surface area (Å²) in [6.07, 6.45) is 3.06. The number of likely N-dealkylation sites (tertiary alicyclic amines) is 1. The molecule has 0 radical (unpaired) electrons. The number of ether oxygens (including phenoxy) is 2. The fourth-order valence-corrected chi connectivity index (χ4v) is 3.18. The maximum absolute atomic E-state index is 12.9. The van der Waals surface area contributed by atoms with Crippen molar-refractivity contribution < 1.29 is 14.3 Å². The molecule has 1 fully saturated rings. The maximum atomic E-state index is 12.9. The van der Waals surface area contributed by atoms with Crippen LogP contribution < -0.4 is 15.2 Å². The van der Waals surface area contributed by atoms with Crippen molar-refractivity contribution >= 4 is 17.5 Å². The smallest absolute Gasteiger partial charge is 0.254 e. The first-order valence-corrected chi connectivity index (χ1v) is 8.87. The van der Waals surface area contributed by atoms with Crippen LogP contribution in [0.25, 0.3) is 0 Å². The van der Waals surface area contributed by atoms with Gasteiger partial charge < -0.3 is 20.1 Å². The van der Waals surface area contributed by atoms with Crippen LogP contribution in [0.3, 0.4) is 0 Å².